The van der Waals surface area contributed by atoms with Crippen LogP contribution in [0.25, 0.3) is 0 Å². The smallest absolute Gasteiger partial charge is 0.371 e. The largest absolute Gasteiger partial charge is 0.430 e. The van der Waals surface area contributed by atoms with Gasteiger partial charge in [0.2, 0.25) is 0 Å². The molecule has 3 saturated heterocycles. The van der Waals surface area contributed by atoms with Gasteiger partial charge in [0.05, 0.1) is 10.6 Å². The van der Waals surface area contributed by atoms with Crippen LogP contribution in [0.5, 0.6) is 0 Å². The van der Waals surface area contributed by atoms with Crippen LogP contribution in [0.2, 0.25) is 5.02 Å². The number of nitrogens with zero attached hydrogens (tertiary/aromatic N) is 3. The lowest BCUT2D eigenvalue weighted by molar-refractivity contribution is -0.262. The lowest BCUT2D eigenvalue weighted by Crippen LogP contribution is -2.57. The van der Waals surface area contributed by atoms with E-state index in [0.29, 0.717) is 47.2 Å². The standard InChI is InChI=1S/C33H39ClF3N3O3/c34-28-21-26(10-11-27(28)30(41)40-16-4-7-29(40)24-8-9-24)38-17-12-22(13-18-38)23-14-19-39(20-15-23)31(42)32(43,33(35,36)37)25-5-2-1-3-6-25/h1-3,5-6,10-11,21-24,29,43H,4,7-9,12-20H2. The van der Waals surface area contributed by atoms with E-state index in [4.69, 9.17) is 11.6 Å². The number of likely N-dealkylation sites (tertiary alicyclic amines) is 2. The third-order valence-corrected chi connectivity index (χ3v) is 10.5. The molecule has 1 aliphatic carbocycles. The van der Waals surface area contributed by atoms with Crippen molar-refractivity contribution in [2.45, 2.75) is 69.2 Å². The van der Waals surface area contributed by atoms with E-state index in [1.807, 2.05) is 23.1 Å². The van der Waals surface area contributed by atoms with Crippen LogP contribution in [-0.4, -0.2) is 71.7 Å². The molecule has 6 rings (SSSR count). The van der Waals surface area contributed by atoms with Crippen LogP contribution in [0.4, 0.5) is 18.9 Å². The highest BCUT2D eigenvalue weighted by molar-refractivity contribution is 6.34. The van der Waals surface area contributed by atoms with Crippen LogP contribution in [0.3, 0.4) is 0 Å². The van der Waals surface area contributed by atoms with Crippen molar-refractivity contribution in [3.63, 3.8) is 0 Å². The molecule has 0 spiro atoms. The molecule has 2 aromatic carbocycles. The predicted molar refractivity (Wildman–Crippen MR) is 159 cm³/mol. The summed E-state index contributed by atoms with van der Waals surface area (Å²) in [6, 6.07) is 12.7. The SMILES string of the molecule is O=C(c1ccc(N2CCC(C3CCN(C(=O)C(O)(c4ccccc4)C(F)(F)F)CC3)CC2)cc1Cl)N1CCCC1C1CC1. The molecule has 0 aromatic heterocycles. The number of hydrogen-bond donors (Lipinski definition) is 1. The van der Waals surface area contributed by atoms with Crippen molar-refractivity contribution in [2.75, 3.05) is 37.6 Å². The first-order valence-corrected chi connectivity index (χ1v) is 15.9. The first-order valence-electron chi connectivity index (χ1n) is 15.6. The van der Waals surface area contributed by atoms with Crippen LogP contribution in [0, 0.1) is 17.8 Å². The van der Waals surface area contributed by atoms with Gasteiger partial charge in [-0.25, -0.2) is 0 Å². The lowest BCUT2D eigenvalue weighted by Gasteiger charge is -2.42. The van der Waals surface area contributed by atoms with Crippen molar-refractivity contribution in [1.82, 2.24) is 9.80 Å². The van der Waals surface area contributed by atoms with Crippen LogP contribution in [-0.2, 0) is 10.4 Å². The van der Waals surface area contributed by atoms with Gasteiger partial charge < -0.3 is 19.8 Å². The second kappa shape index (κ2) is 12.0. The molecule has 1 N–H and O–H groups in total. The minimum atomic E-state index is -5.13. The summed E-state index contributed by atoms with van der Waals surface area (Å²) in [7, 11) is 0. The molecule has 43 heavy (non-hydrogen) atoms. The Balaban J connectivity index is 1.03. The van der Waals surface area contributed by atoms with E-state index in [9.17, 15) is 27.9 Å². The summed E-state index contributed by atoms with van der Waals surface area (Å²) < 4.78 is 42.0. The summed E-state index contributed by atoms with van der Waals surface area (Å²) in [5, 5.41) is 11.2. The summed E-state index contributed by atoms with van der Waals surface area (Å²) >= 11 is 6.66. The second-order valence-corrected chi connectivity index (χ2v) is 13.1. The summed E-state index contributed by atoms with van der Waals surface area (Å²) in [5.74, 6) is 0.106. The number of carbonyl (C=O) groups excluding carboxylic acids is 2. The molecule has 0 radical (unpaired) electrons. The van der Waals surface area contributed by atoms with Crippen molar-refractivity contribution in [3.05, 3.63) is 64.7 Å². The first-order chi connectivity index (χ1) is 20.6. The van der Waals surface area contributed by atoms with Gasteiger partial charge in [-0.3, -0.25) is 9.59 Å². The number of rotatable bonds is 6. The van der Waals surface area contributed by atoms with E-state index < -0.39 is 23.2 Å². The Kier molecular flexibility index (Phi) is 8.41. The molecular weight excluding hydrogens is 579 g/mol. The minimum Gasteiger partial charge on any atom is -0.371 e. The van der Waals surface area contributed by atoms with Gasteiger partial charge in [0.25, 0.3) is 17.4 Å². The first kappa shape index (κ1) is 30.3. The van der Waals surface area contributed by atoms with E-state index in [1.165, 1.54) is 29.9 Å². The highest BCUT2D eigenvalue weighted by Gasteiger charge is 2.62. The summed E-state index contributed by atoms with van der Waals surface area (Å²) in [5.41, 5.74) is -2.45. The van der Waals surface area contributed by atoms with Crippen molar-refractivity contribution in [3.8, 4) is 0 Å². The Morgan fingerprint density at radius 1 is 0.791 bits per heavy atom. The fraction of sp³-hybridized carbons (Fsp3) is 0.576. The number of halogens is 4. The lowest BCUT2D eigenvalue weighted by atomic mass is 9.78. The van der Waals surface area contributed by atoms with Gasteiger partial charge in [0.1, 0.15) is 0 Å². The summed E-state index contributed by atoms with van der Waals surface area (Å²) in [6.07, 6.45) is 2.52. The van der Waals surface area contributed by atoms with E-state index in [0.717, 1.165) is 63.1 Å². The molecule has 4 fully saturated rings. The fourth-order valence-electron chi connectivity index (χ4n) is 7.56. The maximum Gasteiger partial charge on any atom is 0.430 e. The quantitative estimate of drug-likeness (QED) is 0.416. The number of alkyl halides is 3. The van der Waals surface area contributed by atoms with Crippen molar-refractivity contribution in [2.24, 2.45) is 17.8 Å². The van der Waals surface area contributed by atoms with E-state index in [-0.39, 0.29) is 19.0 Å². The van der Waals surface area contributed by atoms with Gasteiger partial charge in [0.15, 0.2) is 0 Å². The Labute approximate surface area is 255 Å². The normalized spacial score (nSPS) is 23.8. The van der Waals surface area contributed by atoms with Crippen molar-refractivity contribution in [1.29, 1.82) is 0 Å². The predicted octanol–water partition coefficient (Wildman–Crippen LogP) is 6.26. The number of benzene rings is 2. The molecule has 232 valence electrons. The Hall–Kier alpha value is -2.78. The molecule has 6 nitrogen and oxygen atoms in total. The van der Waals surface area contributed by atoms with Gasteiger partial charge in [-0.05, 0) is 87.3 Å². The van der Waals surface area contributed by atoms with E-state index in [1.54, 1.807) is 6.07 Å². The molecule has 2 unspecified atom stereocenters. The molecule has 4 aliphatic rings. The highest BCUT2D eigenvalue weighted by atomic mass is 35.5. The maximum absolute atomic E-state index is 14.0. The van der Waals surface area contributed by atoms with Crippen LogP contribution in [0.1, 0.15) is 67.3 Å². The van der Waals surface area contributed by atoms with Gasteiger partial charge in [-0.1, -0.05) is 41.9 Å². The van der Waals surface area contributed by atoms with Gasteiger partial charge in [0, 0.05) is 50.0 Å². The number of anilines is 1. The molecule has 10 heteroatoms. The summed E-state index contributed by atoms with van der Waals surface area (Å²) in [6.45, 7) is 2.84. The van der Waals surface area contributed by atoms with Crippen molar-refractivity contribution >= 4 is 29.1 Å². The molecule has 2 aromatic rings. The number of carbonyl (C=O) groups is 2. The molecular formula is C33H39ClF3N3O3. The average molecular weight is 618 g/mol. The fourth-order valence-corrected chi connectivity index (χ4v) is 7.82. The van der Waals surface area contributed by atoms with Crippen LogP contribution < -0.4 is 4.90 Å². The van der Waals surface area contributed by atoms with Gasteiger partial charge >= 0.3 is 6.18 Å². The topological polar surface area (TPSA) is 64.1 Å². The summed E-state index contributed by atoms with van der Waals surface area (Å²) in [4.78, 5) is 31.8. The molecule has 0 bridgehead atoms. The maximum atomic E-state index is 14.0. The number of amides is 2. The Morgan fingerprint density at radius 3 is 2.00 bits per heavy atom. The van der Waals surface area contributed by atoms with Crippen LogP contribution in [0.15, 0.2) is 48.5 Å². The van der Waals surface area contributed by atoms with Crippen molar-refractivity contribution < 1.29 is 27.9 Å². The van der Waals surface area contributed by atoms with Gasteiger partial charge in [-0.15, -0.1) is 0 Å². The molecule has 3 heterocycles. The zero-order chi connectivity index (χ0) is 30.4. The zero-order valence-electron chi connectivity index (χ0n) is 24.2. The molecule has 3 aliphatic heterocycles. The molecule has 2 atom stereocenters. The molecule has 2 amide bonds. The van der Waals surface area contributed by atoms with E-state index >= 15 is 0 Å². The Morgan fingerprint density at radius 2 is 1.42 bits per heavy atom. The van der Waals surface area contributed by atoms with Crippen LogP contribution >= 0.6 is 11.6 Å². The minimum absolute atomic E-state index is 0.0342. The monoisotopic (exact) mass is 617 g/mol. The van der Waals surface area contributed by atoms with Gasteiger partial charge in [-0.2, -0.15) is 13.2 Å². The third-order valence-electron chi connectivity index (χ3n) is 10.2. The highest BCUT2D eigenvalue weighted by Crippen LogP contribution is 2.43. The van der Waals surface area contributed by atoms with E-state index in [2.05, 4.69) is 4.90 Å². The molecule has 1 saturated carbocycles. The number of piperidine rings is 2. The second-order valence-electron chi connectivity index (χ2n) is 12.7. The third kappa shape index (κ3) is 5.87. The average Bonchev–Trinajstić information content (AvgIpc) is 3.75. The Bertz CT molecular complexity index is 1320. The number of aliphatic hydroxyl groups is 1. The number of hydrogen-bond acceptors (Lipinski definition) is 4. The zero-order valence-corrected chi connectivity index (χ0v) is 25.0.